The van der Waals surface area contributed by atoms with Crippen LogP contribution in [0.5, 0.6) is 5.75 Å². The van der Waals surface area contributed by atoms with Gasteiger partial charge in [-0.3, -0.25) is 4.98 Å². The number of benzene rings is 1. The molecule has 0 fully saturated rings. The molecule has 1 aromatic carbocycles. The predicted molar refractivity (Wildman–Crippen MR) is 72.6 cm³/mol. The van der Waals surface area contributed by atoms with Gasteiger partial charge in [0.15, 0.2) is 0 Å². The zero-order valence-electron chi connectivity index (χ0n) is 10.2. The molecule has 3 nitrogen and oxygen atoms in total. The Hall–Kier alpha value is -1.58. The second-order valence-electron chi connectivity index (χ2n) is 4.15. The van der Waals surface area contributed by atoms with Crippen molar-refractivity contribution >= 4 is 11.6 Å². The third-order valence-corrected chi connectivity index (χ3v) is 3.05. The zero-order valence-corrected chi connectivity index (χ0v) is 10.9. The van der Waals surface area contributed by atoms with Gasteiger partial charge in [0.05, 0.1) is 0 Å². The maximum absolute atomic E-state index is 9.69. The summed E-state index contributed by atoms with van der Waals surface area (Å²) in [6.45, 7) is 3.18. The Morgan fingerprint density at radius 3 is 2.72 bits per heavy atom. The lowest BCUT2D eigenvalue weighted by Gasteiger charge is -2.08. The van der Waals surface area contributed by atoms with E-state index < -0.39 is 0 Å². The number of hydrogen-bond donors (Lipinski definition) is 2. The highest BCUT2D eigenvalue weighted by Gasteiger charge is 2.05. The highest BCUT2D eigenvalue weighted by molar-refractivity contribution is 6.31. The number of hydrogen-bond acceptors (Lipinski definition) is 3. The molecule has 2 aromatic rings. The van der Waals surface area contributed by atoms with Gasteiger partial charge >= 0.3 is 0 Å². The molecule has 0 atom stereocenters. The standard InChI is InChI=1S/C14H15ClN2O/c1-10-5-6-11(8-17-10)7-16-9-12-13(15)3-2-4-14(12)18/h2-6,8,16,18H,7,9H2,1H3. The number of halogens is 1. The number of aryl methyl sites for hydroxylation is 1. The van der Waals surface area contributed by atoms with Crippen molar-refractivity contribution in [2.24, 2.45) is 0 Å². The Balaban J connectivity index is 1.94. The van der Waals surface area contributed by atoms with E-state index in [1.165, 1.54) is 0 Å². The fraction of sp³-hybridized carbons (Fsp3) is 0.214. The van der Waals surface area contributed by atoms with Crippen molar-refractivity contribution in [3.8, 4) is 5.75 Å². The summed E-state index contributed by atoms with van der Waals surface area (Å²) in [5.74, 6) is 0.219. The predicted octanol–water partition coefficient (Wildman–Crippen LogP) is 3.04. The van der Waals surface area contributed by atoms with Crippen LogP contribution in [-0.2, 0) is 13.1 Å². The van der Waals surface area contributed by atoms with Crippen LogP contribution in [0.25, 0.3) is 0 Å². The van der Waals surface area contributed by atoms with E-state index in [0.29, 0.717) is 18.1 Å². The molecule has 0 bridgehead atoms. The third kappa shape index (κ3) is 3.22. The molecule has 0 amide bonds. The second kappa shape index (κ2) is 5.85. The SMILES string of the molecule is Cc1ccc(CNCc2c(O)cccc2Cl)cn1. The molecular weight excluding hydrogens is 248 g/mol. The number of nitrogens with zero attached hydrogens (tertiary/aromatic N) is 1. The molecule has 1 heterocycles. The molecule has 0 unspecified atom stereocenters. The van der Waals surface area contributed by atoms with Crippen LogP contribution in [0.15, 0.2) is 36.5 Å². The Morgan fingerprint density at radius 1 is 1.22 bits per heavy atom. The number of rotatable bonds is 4. The number of aromatic hydroxyl groups is 1. The van der Waals surface area contributed by atoms with Crippen LogP contribution in [-0.4, -0.2) is 10.1 Å². The van der Waals surface area contributed by atoms with Crippen molar-refractivity contribution in [3.05, 3.63) is 58.4 Å². The summed E-state index contributed by atoms with van der Waals surface area (Å²) >= 11 is 6.02. The Bertz CT molecular complexity index is 506. The van der Waals surface area contributed by atoms with Gasteiger partial charge in [-0.15, -0.1) is 0 Å². The minimum atomic E-state index is 0.219. The van der Waals surface area contributed by atoms with Crippen LogP contribution in [0.4, 0.5) is 0 Å². The zero-order chi connectivity index (χ0) is 13.0. The smallest absolute Gasteiger partial charge is 0.121 e. The molecule has 1 aromatic heterocycles. The number of phenolic OH excluding ortho intramolecular Hbond substituents is 1. The molecule has 18 heavy (non-hydrogen) atoms. The molecule has 0 spiro atoms. The van der Waals surface area contributed by atoms with Crippen molar-refractivity contribution in [3.63, 3.8) is 0 Å². The van der Waals surface area contributed by atoms with E-state index in [1.54, 1.807) is 18.2 Å². The van der Waals surface area contributed by atoms with E-state index in [9.17, 15) is 5.11 Å². The lowest BCUT2D eigenvalue weighted by molar-refractivity contribution is 0.464. The maximum Gasteiger partial charge on any atom is 0.121 e. The van der Waals surface area contributed by atoms with E-state index in [1.807, 2.05) is 25.3 Å². The van der Waals surface area contributed by atoms with Gasteiger partial charge in [-0.2, -0.15) is 0 Å². The Labute approximate surface area is 111 Å². The number of phenols is 1. The molecule has 0 saturated heterocycles. The first-order chi connectivity index (χ1) is 8.66. The van der Waals surface area contributed by atoms with Crippen LogP contribution < -0.4 is 5.32 Å². The van der Waals surface area contributed by atoms with E-state index in [2.05, 4.69) is 10.3 Å². The molecule has 0 aliphatic carbocycles. The van der Waals surface area contributed by atoms with Gasteiger partial charge in [-0.05, 0) is 30.7 Å². The fourth-order valence-corrected chi connectivity index (χ4v) is 1.89. The minimum Gasteiger partial charge on any atom is -0.508 e. The van der Waals surface area contributed by atoms with Gasteiger partial charge in [0.25, 0.3) is 0 Å². The summed E-state index contributed by atoms with van der Waals surface area (Å²) < 4.78 is 0. The lowest BCUT2D eigenvalue weighted by atomic mass is 10.2. The Kier molecular flexibility index (Phi) is 4.18. The van der Waals surface area contributed by atoms with E-state index in [-0.39, 0.29) is 5.75 Å². The molecule has 0 radical (unpaired) electrons. The maximum atomic E-state index is 9.69. The van der Waals surface area contributed by atoms with Gasteiger partial charge in [0, 0.05) is 35.6 Å². The van der Waals surface area contributed by atoms with Crippen LogP contribution in [0.1, 0.15) is 16.8 Å². The summed E-state index contributed by atoms with van der Waals surface area (Å²) in [6, 6.07) is 9.14. The normalized spacial score (nSPS) is 10.6. The molecular formula is C14H15ClN2O. The van der Waals surface area contributed by atoms with E-state index in [4.69, 9.17) is 11.6 Å². The monoisotopic (exact) mass is 262 g/mol. The van der Waals surface area contributed by atoms with Gasteiger partial charge in [-0.1, -0.05) is 23.7 Å². The molecule has 94 valence electrons. The third-order valence-electron chi connectivity index (χ3n) is 2.70. The Morgan fingerprint density at radius 2 is 2.06 bits per heavy atom. The van der Waals surface area contributed by atoms with Gasteiger partial charge in [-0.25, -0.2) is 0 Å². The first kappa shape index (κ1) is 12.9. The second-order valence-corrected chi connectivity index (χ2v) is 4.56. The van der Waals surface area contributed by atoms with Crippen LogP contribution in [0.2, 0.25) is 5.02 Å². The van der Waals surface area contributed by atoms with Crippen molar-refractivity contribution in [2.75, 3.05) is 0 Å². The minimum absolute atomic E-state index is 0.219. The fourth-order valence-electron chi connectivity index (χ4n) is 1.66. The largest absolute Gasteiger partial charge is 0.508 e. The summed E-state index contributed by atoms with van der Waals surface area (Å²) in [5.41, 5.74) is 2.83. The number of pyridine rings is 1. The van der Waals surface area contributed by atoms with Gasteiger partial charge in [0.1, 0.15) is 5.75 Å². The molecule has 2 rings (SSSR count). The van der Waals surface area contributed by atoms with E-state index in [0.717, 1.165) is 16.8 Å². The highest BCUT2D eigenvalue weighted by Crippen LogP contribution is 2.24. The van der Waals surface area contributed by atoms with Crippen molar-refractivity contribution < 1.29 is 5.11 Å². The summed E-state index contributed by atoms with van der Waals surface area (Å²) in [5, 5.41) is 13.5. The molecule has 0 aliphatic rings. The van der Waals surface area contributed by atoms with Crippen LogP contribution in [0, 0.1) is 6.92 Å². The highest BCUT2D eigenvalue weighted by atomic mass is 35.5. The lowest BCUT2D eigenvalue weighted by Crippen LogP contribution is -2.13. The topological polar surface area (TPSA) is 45.1 Å². The molecule has 4 heteroatoms. The molecule has 0 saturated carbocycles. The van der Waals surface area contributed by atoms with Crippen LogP contribution >= 0.6 is 11.6 Å². The van der Waals surface area contributed by atoms with Gasteiger partial charge < -0.3 is 10.4 Å². The average molecular weight is 263 g/mol. The first-order valence-electron chi connectivity index (χ1n) is 5.75. The van der Waals surface area contributed by atoms with Crippen LogP contribution in [0.3, 0.4) is 0 Å². The quantitative estimate of drug-likeness (QED) is 0.890. The molecule has 0 aliphatic heterocycles. The van der Waals surface area contributed by atoms with E-state index >= 15 is 0 Å². The first-order valence-corrected chi connectivity index (χ1v) is 6.13. The van der Waals surface area contributed by atoms with Crippen molar-refractivity contribution in [2.45, 2.75) is 20.0 Å². The number of aromatic nitrogens is 1. The van der Waals surface area contributed by atoms with Gasteiger partial charge in [0.2, 0.25) is 0 Å². The summed E-state index contributed by atoms with van der Waals surface area (Å²) in [6.07, 6.45) is 1.84. The van der Waals surface area contributed by atoms with Crippen molar-refractivity contribution in [1.82, 2.24) is 10.3 Å². The summed E-state index contributed by atoms with van der Waals surface area (Å²) in [7, 11) is 0. The average Bonchev–Trinajstić information content (AvgIpc) is 2.35. The molecule has 2 N–H and O–H groups in total. The summed E-state index contributed by atoms with van der Waals surface area (Å²) in [4.78, 5) is 4.22. The van der Waals surface area contributed by atoms with Crippen molar-refractivity contribution in [1.29, 1.82) is 0 Å². The number of nitrogens with one attached hydrogen (secondary N) is 1.